The standard InChI is InChI=1S/C16H25N3O2/c1-12-9-17-16(18-13(12)2)19-6-3-15(4-7-19)21-11-14-5-8-20-10-14/h9,14-15H,3-8,10-11H2,1-2H3. The van der Waals surface area contributed by atoms with Gasteiger partial charge in [0.25, 0.3) is 0 Å². The van der Waals surface area contributed by atoms with Crippen LogP contribution >= 0.6 is 0 Å². The van der Waals surface area contributed by atoms with Crippen LogP contribution < -0.4 is 4.90 Å². The van der Waals surface area contributed by atoms with E-state index in [4.69, 9.17) is 9.47 Å². The molecular formula is C16H25N3O2. The fourth-order valence-corrected chi connectivity index (χ4v) is 2.88. The zero-order valence-electron chi connectivity index (χ0n) is 13.0. The molecule has 1 aromatic heterocycles. The van der Waals surface area contributed by atoms with E-state index in [1.54, 1.807) is 0 Å². The van der Waals surface area contributed by atoms with Crippen LogP contribution in [0.3, 0.4) is 0 Å². The zero-order chi connectivity index (χ0) is 14.7. The number of nitrogens with zero attached hydrogens (tertiary/aromatic N) is 3. The zero-order valence-corrected chi connectivity index (χ0v) is 13.0. The highest BCUT2D eigenvalue weighted by Gasteiger charge is 2.23. The third-order valence-electron chi connectivity index (χ3n) is 4.53. The molecule has 3 heterocycles. The second-order valence-corrected chi connectivity index (χ2v) is 6.19. The van der Waals surface area contributed by atoms with Crippen molar-refractivity contribution in [2.24, 2.45) is 5.92 Å². The number of piperidine rings is 1. The first kappa shape index (κ1) is 14.7. The molecule has 2 aliphatic heterocycles. The molecule has 5 heteroatoms. The largest absolute Gasteiger partial charge is 0.381 e. The van der Waals surface area contributed by atoms with Gasteiger partial charge < -0.3 is 14.4 Å². The minimum Gasteiger partial charge on any atom is -0.381 e. The summed E-state index contributed by atoms with van der Waals surface area (Å²) in [5.74, 6) is 1.46. The maximum absolute atomic E-state index is 6.05. The van der Waals surface area contributed by atoms with Crippen molar-refractivity contribution in [1.29, 1.82) is 0 Å². The summed E-state index contributed by atoms with van der Waals surface area (Å²) in [7, 11) is 0. The smallest absolute Gasteiger partial charge is 0.225 e. The van der Waals surface area contributed by atoms with Gasteiger partial charge in [-0.1, -0.05) is 0 Å². The SMILES string of the molecule is Cc1cnc(N2CCC(OCC3CCOC3)CC2)nc1C. The topological polar surface area (TPSA) is 47.5 Å². The van der Waals surface area contributed by atoms with Gasteiger partial charge in [0, 0.05) is 37.5 Å². The van der Waals surface area contributed by atoms with Crippen LogP contribution in [0.15, 0.2) is 6.20 Å². The van der Waals surface area contributed by atoms with Crippen molar-refractivity contribution >= 4 is 5.95 Å². The molecular weight excluding hydrogens is 266 g/mol. The first-order valence-electron chi connectivity index (χ1n) is 7.97. The fraction of sp³-hybridized carbons (Fsp3) is 0.750. The molecule has 1 unspecified atom stereocenters. The molecule has 5 nitrogen and oxygen atoms in total. The van der Waals surface area contributed by atoms with Crippen molar-refractivity contribution in [2.45, 2.75) is 39.2 Å². The summed E-state index contributed by atoms with van der Waals surface area (Å²) >= 11 is 0. The Bertz CT molecular complexity index is 467. The van der Waals surface area contributed by atoms with Gasteiger partial charge in [0.2, 0.25) is 5.95 Å². The van der Waals surface area contributed by atoms with Gasteiger partial charge in [0.15, 0.2) is 0 Å². The Balaban J connectivity index is 1.46. The van der Waals surface area contributed by atoms with Crippen molar-refractivity contribution in [3.63, 3.8) is 0 Å². The molecule has 21 heavy (non-hydrogen) atoms. The van der Waals surface area contributed by atoms with Gasteiger partial charge in [-0.25, -0.2) is 9.97 Å². The summed E-state index contributed by atoms with van der Waals surface area (Å²) in [5, 5.41) is 0. The van der Waals surface area contributed by atoms with Crippen LogP contribution in [-0.4, -0.2) is 49.0 Å². The van der Waals surface area contributed by atoms with Gasteiger partial charge in [-0.2, -0.15) is 0 Å². The number of hydrogen-bond acceptors (Lipinski definition) is 5. The highest BCUT2D eigenvalue weighted by Crippen LogP contribution is 2.21. The van der Waals surface area contributed by atoms with E-state index in [0.29, 0.717) is 12.0 Å². The Kier molecular flexibility index (Phi) is 4.70. The van der Waals surface area contributed by atoms with E-state index in [9.17, 15) is 0 Å². The molecule has 1 aromatic rings. The minimum atomic E-state index is 0.383. The van der Waals surface area contributed by atoms with Crippen LogP contribution in [0.4, 0.5) is 5.95 Å². The first-order valence-corrected chi connectivity index (χ1v) is 7.97. The maximum atomic E-state index is 6.05. The van der Waals surface area contributed by atoms with Gasteiger partial charge in [-0.05, 0) is 38.7 Å². The highest BCUT2D eigenvalue weighted by molar-refractivity contribution is 5.33. The summed E-state index contributed by atoms with van der Waals surface area (Å²) in [6.45, 7) is 8.67. The van der Waals surface area contributed by atoms with Crippen molar-refractivity contribution in [1.82, 2.24) is 9.97 Å². The number of anilines is 1. The average molecular weight is 291 g/mol. The third-order valence-corrected chi connectivity index (χ3v) is 4.53. The van der Waals surface area contributed by atoms with Gasteiger partial charge in [-0.15, -0.1) is 0 Å². The van der Waals surface area contributed by atoms with E-state index in [1.165, 1.54) is 0 Å². The maximum Gasteiger partial charge on any atom is 0.225 e. The molecule has 3 rings (SSSR count). The molecule has 2 saturated heterocycles. The van der Waals surface area contributed by atoms with E-state index < -0.39 is 0 Å². The second-order valence-electron chi connectivity index (χ2n) is 6.19. The average Bonchev–Trinajstić information content (AvgIpc) is 3.02. The van der Waals surface area contributed by atoms with Gasteiger partial charge in [0.1, 0.15) is 0 Å². The molecule has 2 fully saturated rings. The lowest BCUT2D eigenvalue weighted by Gasteiger charge is -2.32. The Labute approximate surface area is 126 Å². The van der Waals surface area contributed by atoms with Crippen LogP contribution in [0.25, 0.3) is 0 Å². The van der Waals surface area contributed by atoms with Crippen molar-refractivity contribution in [3.05, 3.63) is 17.5 Å². The molecule has 1 atom stereocenters. The van der Waals surface area contributed by atoms with Crippen LogP contribution in [0, 0.1) is 19.8 Å². The normalized spacial score (nSPS) is 23.7. The van der Waals surface area contributed by atoms with E-state index in [1.807, 2.05) is 20.0 Å². The summed E-state index contributed by atoms with van der Waals surface area (Å²) in [5.41, 5.74) is 2.22. The molecule has 0 amide bonds. The molecule has 0 saturated carbocycles. The van der Waals surface area contributed by atoms with Crippen molar-refractivity contribution < 1.29 is 9.47 Å². The molecule has 0 N–H and O–H groups in total. The number of aryl methyl sites for hydroxylation is 2. The molecule has 0 bridgehead atoms. The Morgan fingerprint density at radius 3 is 2.76 bits per heavy atom. The lowest BCUT2D eigenvalue weighted by molar-refractivity contribution is 0.0130. The summed E-state index contributed by atoms with van der Waals surface area (Å²) < 4.78 is 11.4. The Morgan fingerprint density at radius 2 is 2.10 bits per heavy atom. The molecule has 0 aromatic carbocycles. The van der Waals surface area contributed by atoms with E-state index in [0.717, 1.165) is 69.4 Å². The lowest BCUT2D eigenvalue weighted by atomic mass is 10.1. The van der Waals surface area contributed by atoms with Crippen LogP contribution in [0.1, 0.15) is 30.5 Å². The van der Waals surface area contributed by atoms with Crippen LogP contribution in [0.2, 0.25) is 0 Å². The second kappa shape index (κ2) is 6.71. The van der Waals surface area contributed by atoms with Crippen molar-refractivity contribution in [3.8, 4) is 0 Å². The Morgan fingerprint density at radius 1 is 1.29 bits per heavy atom. The molecule has 0 spiro atoms. The van der Waals surface area contributed by atoms with Gasteiger partial charge in [-0.3, -0.25) is 0 Å². The summed E-state index contributed by atoms with van der Waals surface area (Å²) in [6.07, 6.45) is 5.57. The van der Waals surface area contributed by atoms with E-state index in [2.05, 4.69) is 14.9 Å². The molecule has 0 aliphatic carbocycles. The third kappa shape index (κ3) is 3.71. The van der Waals surface area contributed by atoms with E-state index in [-0.39, 0.29) is 0 Å². The highest BCUT2D eigenvalue weighted by atomic mass is 16.5. The summed E-state index contributed by atoms with van der Waals surface area (Å²) in [6, 6.07) is 0. The number of aromatic nitrogens is 2. The predicted molar refractivity (Wildman–Crippen MR) is 81.6 cm³/mol. The number of hydrogen-bond donors (Lipinski definition) is 0. The van der Waals surface area contributed by atoms with Crippen molar-refractivity contribution in [2.75, 3.05) is 37.8 Å². The Hall–Kier alpha value is -1.20. The molecule has 0 radical (unpaired) electrons. The quantitative estimate of drug-likeness (QED) is 0.850. The molecule has 2 aliphatic rings. The van der Waals surface area contributed by atoms with Crippen LogP contribution in [0.5, 0.6) is 0 Å². The predicted octanol–water partition coefficient (Wildman–Crippen LogP) is 2.12. The van der Waals surface area contributed by atoms with Gasteiger partial charge in [0.05, 0.1) is 19.3 Å². The minimum absolute atomic E-state index is 0.383. The lowest BCUT2D eigenvalue weighted by Crippen LogP contribution is -2.38. The number of ether oxygens (including phenoxy) is 2. The monoisotopic (exact) mass is 291 g/mol. The summed E-state index contributed by atoms with van der Waals surface area (Å²) in [4.78, 5) is 11.3. The number of rotatable bonds is 4. The van der Waals surface area contributed by atoms with Crippen LogP contribution in [-0.2, 0) is 9.47 Å². The van der Waals surface area contributed by atoms with Gasteiger partial charge >= 0.3 is 0 Å². The first-order chi connectivity index (χ1) is 10.2. The van der Waals surface area contributed by atoms with E-state index >= 15 is 0 Å². The fourth-order valence-electron chi connectivity index (χ4n) is 2.88. The molecule has 116 valence electrons.